The summed E-state index contributed by atoms with van der Waals surface area (Å²) in [6, 6.07) is 14.7. The highest BCUT2D eigenvalue weighted by molar-refractivity contribution is 7.15. The lowest BCUT2D eigenvalue weighted by Crippen LogP contribution is -2.36. The molecule has 4 aromatic rings. The normalized spacial score (nSPS) is 15.0. The summed E-state index contributed by atoms with van der Waals surface area (Å²) in [6.45, 7) is 3.89. The Morgan fingerprint density at radius 1 is 1.15 bits per heavy atom. The van der Waals surface area contributed by atoms with Gasteiger partial charge >= 0.3 is 0 Å². The van der Waals surface area contributed by atoms with E-state index in [1.54, 1.807) is 17.5 Å². The van der Waals surface area contributed by atoms with Gasteiger partial charge < -0.3 is 26.0 Å². The van der Waals surface area contributed by atoms with Crippen molar-refractivity contribution >= 4 is 33.7 Å². The van der Waals surface area contributed by atoms with E-state index in [9.17, 15) is 0 Å². The Morgan fingerprint density at radius 3 is 2.85 bits per heavy atom. The van der Waals surface area contributed by atoms with Gasteiger partial charge in [0.1, 0.15) is 12.0 Å². The minimum atomic E-state index is -0.403. The molecule has 0 saturated carbocycles. The van der Waals surface area contributed by atoms with E-state index in [4.69, 9.17) is 10.5 Å². The van der Waals surface area contributed by atoms with Gasteiger partial charge in [0.2, 0.25) is 0 Å². The summed E-state index contributed by atoms with van der Waals surface area (Å²) in [5.41, 5.74) is 9.05. The van der Waals surface area contributed by atoms with Crippen molar-refractivity contribution in [1.82, 2.24) is 20.5 Å². The van der Waals surface area contributed by atoms with Crippen LogP contribution >= 0.6 is 11.3 Å². The van der Waals surface area contributed by atoms with Crippen molar-refractivity contribution < 1.29 is 4.74 Å². The van der Waals surface area contributed by atoms with E-state index in [1.165, 1.54) is 16.0 Å². The number of nitrogens with one attached hydrogen (secondary N) is 2. The van der Waals surface area contributed by atoms with Crippen molar-refractivity contribution in [3.8, 4) is 10.4 Å². The summed E-state index contributed by atoms with van der Waals surface area (Å²) in [7, 11) is 1.96. The van der Waals surface area contributed by atoms with Gasteiger partial charge in [0, 0.05) is 46.4 Å². The van der Waals surface area contributed by atoms with Crippen molar-refractivity contribution in [2.24, 2.45) is 5.73 Å². The van der Waals surface area contributed by atoms with Crippen molar-refractivity contribution in [3.05, 3.63) is 65.3 Å². The molecule has 0 bridgehead atoms. The van der Waals surface area contributed by atoms with Gasteiger partial charge in [-0.05, 0) is 36.4 Å². The Labute approximate surface area is 196 Å². The number of nitrogens with zero attached hydrogens (tertiary/aromatic N) is 4. The predicted octanol–water partition coefficient (Wildman–Crippen LogP) is 3.38. The molecule has 9 heteroatoms. The molecule has 0 aliphatic carbocycles. The third kappa shape index (κ3) is 4.67. The highest BCUT2D eigenvalue weighted by Gasteiger charge is 2.17. The Morgan fingerprint density at radius 2 is 2.00 bits per heavy atom. The van der Waals surface area contributed by atoms with Crippen molar-refractivity contribution in [1.29, 1.82) is 0 Å². The summed E-state index contributed by atoms with van der Waals surface area (Å²) in [6.07, 6.45) is 3.16. The molecular weight excluding hydrogens is 434 g/mol. The standard InChI is InChI=1S/C24H27N7OS/c1-26-13-16-4-2-3-5-18(16)20-6-7-21(33-20)23(25)29-24-19-12-22(31-8-10-32-11-9-31)27-14-17(19)15-28-30-24/h2-7,12,14-15,23,26H,8-11,13,25H2,1H3,(H,29,30)/t23-/m0/s1. The molecule has 33 heavy (non-hydrogen) atoms. The van der Waals surface area contributed by atoms with Gasteiger partial charge in [0.25, 0.3) is 0 Å². The summed E-state index contributed by atoms with van der Waals surface area (Å²) >= 11 is 1.69. The van der Waals surface area contributed by atoms with Crippen LogP contribution in [-0.4, -0.2) is 48.5 Å². The zero-order valence-corrected chi connectivity index (χ0v) is 19.3. The number of nitrogens with two attached hydrogens (primary N) is 1. The maximum Gasteiger partial charge on any atom is 0.158 e. The molecule has 0 radical (unpaired) electrons. The number of ether oxygens (including phenoxy) is 1. The number of pyridine rings is 1. The van der Waals surface area contributed by atoms with E-state index in [0.717, 1.165) is 41.1 Å². The second-order valence-corrected chi connectivity index (χ2v) is 9.05. The Balaban J connectivity index is 1.40. The van der Waals surface area contributed by atoms with Crippen LogP contribution in [0.4, 0.5) is 11.6 Å². The van der Waals surface area contributed by atoms with Crippen LogP contribution in [0.3, 0.4) is 0 Å². The highest BCUT2D eigenvalue weighted by atomic mass is 32.1. The fourth-order valence-corrected chi connectivity index (χ4v) is 5.05. The van der Waals surface area contributed by atoms with Crippen LogP contribution in [0.25, 0.3) is 21.2 Å². The average Bonchev–Trinajstić information content (AvgIpc) is 3.35. The molecular formula is C24H27N7OS. The van der Waals surface area contributed by atoms with Gasteiger partial charge in [0.05, 0.1) is 19.4 Å². The number of hydrogen-bond acceptors (Lipinski definition) is 9. The molecule has 1 aliphatic heterocycles. The fourth-order valence-electron chi connectivity index (χ4n) is 4.03. The largest absolute Gasteiger partial charge is 0.378 e. The van der Waals surface area contributed by atoms with Crippen LogP contribution in [0.5, 0.6) is 0 Å². The van der Waals surface area contributed by atoms with Gasteiger partial charge in [-0.3, -0.25) is 0 Å². The molecule has 4 heterocycles. The van der Waals surface area contributed by atoms with E-state index in [-0.39, 0.29) is 0 Å². The van der Waals surface area contributed by atoms with Crippen LogP contribution in [0.1, 0.15) is 16.6 Å². The van der Waals surface area contributed by atoms with Crippen molar-refractivity contribution in [3.63, 3.8) is 0 Å². The van der Waals surface area contributed by atoms with E-state index in [1.807, 2.05) is 13.2 Å². The Bertz CT molecular complexity index is 1240. The Kier molecular flexibility index (Phi) is 6.45. The molecule has 1 aromatic carbocycles. The van der Waals surface area contributed by atoms with Gasteiger partial charge in [0.15, 0.2) is 5.82 Å². The smallest absolute Gasteiger partial charge is 0.158 e. The predicted molar refractivity (Wildman–Crippen MR) is 133 cm³/mol. The van der Waals surface area contributed by atoms with Crippen LogP contribution in [0.2, 0.25) is 0 Å². The van der Waals surface area contributed by atoms with Crippen LogP contribution < -0.4 is 21.3 Å². The molecule has 170 valence electrons. The fraction of sp³-hybridized carbons (Fsp3) is 0.292. The van der Waals surface area contributed by atoms with Gasteiger partial charge in [-0.15, -0.1) is 16.4 Å². The molecule has 3 aromatic heterocycles. The number of morpholine rings is 1. The van der Waals surface area contributed by atoms with E-state index in [0.29, 0.717) is 19.0 Å². The lowest BCUT2D eigenvalue weighted by Gasteiger charge is -2.28. The first-order chi connectivity index (χ1) is 16.2. The topological polar surface area (TPSA) is 101 Å². The zero-order chi connectivity index (χ0) is 22.6. The lowest BCUT2D eigenvalue weighted by atomic mass is 10.1. The van der Waals surface area contributed by atoms with Gasteiger partial charge in [-0.1, -0.05) is 24.3 Å². The minimum Gasteiger partial charge on any atom is -0.378 e. The van der Waals surface area contributed by atoms with Gasteiger partial charge in [-0.25, -0.2) is 4.98 Å². The quantitative estimate of drug-likeness (QED) is 0.360. The van der Waals surface area contributed by atoms with E-state index in [2.05, 4.69) is 73.2 Å². The number of aromatic nitrogens is 3. The molecule has 1 aliphatic rings. The number of benzene rings is 1. The van der Waals surface area contributed by atoms with Crippen LogP contribution in [-0.2, 0) is 11.3 Å². The third-order valence-electron chi connectivity index (χ3n) is 5.74. The van der Waals surface area contributed by atoms with E-state index >= 15 is 0 Å². The highest BCUT2D eigenvalue weighted by Crippen LogP contribution is 2.34. The zero-order valence-electron chi connectivity index (χ0n) is 18.5. The summed E-state index contributed by atoms with van der Waals surface area (Å²) < 4.78 is 5.47. The molecule has 0 unspecified atom stereocenters. The first kappa shape index (κ1) is 21.7. The van der Waals surface area contributed by atoms with Gasteiger partial charge in [-0.2, -0.15) is 5.10 Å². The second kappa shape index (κ2) is 9.80. The van der Waals surface area contributed by atoms with Crippen LogP contribution in [0.15, 0.2) is 54.9 Å². The summed E-state index contributed by atoms with van der Waals surface area (Å²) in [5.74, 6) is 1.57. The second-order valence-electron chi connectivity index (χ2n) is 7.93. The monoisotopic (exact) mass is 461 g/mol. The third-order valence-corrected chi connectivity index (χ3v) is 6.94. The molecule has 1 saturated heterocycles. The first-order valence-corrected chi connectivity index (χ1v) is 11.8. The maximum absolute atomic E-state index is 6.56. The SMILES string of the molecule is CNCc1ccccc1-c1ccc([C@@H](N)Nc2nncc3cnc(N4CCOCC4)cc23)s1. The molecule has 1 fully saturated rings. The average molecular weight is 462 g/mol. The molecule has 1 atom stereocenters. The minimum absolute atomic E-state index is 0.403. The molecule has 5 rings (SSSR count). The number of hydrogen-bond donors (Lipinski definition) is 3. The molecule has 0 amide bonds. The lowest BCUT2D eigenvalue weighted by molar-refractivity contribution is 0.122. The van der Waals surface area contributed by atoms with Crippen molar-refractivity contribution in [2.45, 2.75) is 12.7 Å². The van der Waals surface area contributed by atoms with Crippen molar-refractivity contribution in [2.75, 3.05) is 43.6 Å². The maximum atomic E-state index is 6.56. The number of thiophene rings is 1. The Hall–Kier alpha value is -3.11. The first-order valence-electron chi connectivity index (χ1n) is 11.0. The molecule has 0 spiro atoms. The summed E-state index contributed by atoms with van der Waals surface area (Å²) in [4.78, 5) is 9.06. The van der Waals surface area contributed by atoms with Crippen LogP contribution in [0, 0.1) is 0 Å². The number of anilines is 2. The molecule has 4 N–H and O–H groups in total. The number of rotatable bonds is 7. The molecule has 8 nitrogen and oxygen atoms in total. The number of fused-ring (bicyclic) bond motifs is 1. The van der Waals surface area contributed by atoms with E-state index < -0.39 is 6.17 Å². The summed E-state index contributed by atoms with van der Waals surface area (Å²) in [5, 5.41) is 17.0.